The molecule has 2 fully saturated rings. The van der Waals surface area contributed by atoms with Crippen molar-refractivity contribution < 1.29 is 14.0 Å². The van der Waals surface area contributed by atoms with Crippen LogP contribution in [0.2, 0.25) is 0 Å². The smallest absolute Gasteiger partial charge is 0.315 e. The van der Waals surface area contributed by atoms with Gasteiger partial charge in [-0.05, 0) is 49.8 Å². The minimum Gasteiger partial charge on any atom is -0.343 e. The van der Waals surface area contributed by atoms with Gasteiger partial charge in [0.2, 0.25) is 5.91 Å². The van der Waals surface area contributed by atoms with Crippen LogP contribution in [-0.4, -0.2) is 42.0 Å². The second kappa shape index (κ2) is 9.72. The molecule has 1 saturated heterocycles. The fourth-order valence-corrected chi connectivity index (χ4v) is 3.99. The molecule has 1 aliphatic heterocycles. The van der Waals surface area contributed by atoms with Gasteiger partial charge in [-0.1, -0.05) is 31.4 Å². The number of piperidine rings is 1. The zero-order valence-corrected chi connectivity index (χ0v) is 15.9. The lowest BCUT2D eigenvalue weighted by atomic mass is 9.96. The van der Waals surface area contributed by atoms with Gasteiger partial charge >= 0.3 is 6.03 Å². The van der Waals surface area contributed by atoms with E-state index in [9.17, 15) is 14.0 Å². The van der Waals surface area contributed by atoms with Crippen molar-refractivity contribution >= 4 is 11.9 Å². The highest BCUT2D eigenvalue weighted by Crippen LogP contribution is 2.18. The van der Waals surface area contributed by atoms with E-state index in [1.807, 2.05) is 4.90 Å². The van der Waals surface area contributed by atoms with Crippen LogP contribution in [0, 0.1) is 5.82 Å². The van der Waals surface area contributed by atoms with Gasteiger partial charge in [-0.3, -0.25) is 4.79 Å². The molecule has 0 atom stereocenters. The number of halogens is 1. The highest BCUT2D eigenvalue weighted by molar-refractivity contribution is 5.77. The molecule has 1 aromatic carbocycles. The summed E-state index contributed by atoms with van der Waals surface area (Å²) in [7, 11) is 0. The summed E-state index contributed by atoms with van der Waals surface area (Å²) in [6.07, 6.45) is 8.47. The number of aryl methyl sites for hydroxylation is 1. The van der Waals surface area contributed by atoms with Crippen molar-refractivity contribution in [3.63, 3.8) is 0 Å². The number of carbonyl (C=O) groups excluding carboxylic acids is 2. The first-order valence-corrected chi connectivity index (χ1v) is 10.2. The predicted molar refractivity (Wildman–Crippen MR) is 103 cm³/mol. The fourth-order valence-electron chi connectivity index (χ4n) is 3.99. The molecule has 2 N–H and O–H groups in total. The highest BCUT2D eigenvalue weighted by atomic mass is 19.1. The Kier molecular flexibility index (Phi) is 7.07. The van der Waals surface area contributed by atoms with Gasteiger partial charge in [-0.15, -0.1) is 0 Å². The van der Waals surface area contributed by atoms with Crippen molar-refractivity contribution in [2.24, 2.45) is 0 Å². The van der Waals surface area contributed by atoms with Crippen LogP contribution in [0.25, 0.3) is 0 Å². The molecule has 0 aromatic heterocycles. The van der Waals surface area contributed by atoms with Crippen LogP contribution in [-0.2, 0) is 11.2 Å². The Morgan fingerprint density at radius 3 is 2.15 bits per heavy atom. The molecule has 1 aromatic rings. The Morgan fingerprint density at radius 2 is 1.52 bits per heavy atom. The lowest BCUT2D eigenvalue weighted by molar-refractivity contribution is -0.132. The van der Waals surface area contributed by atoms with Crippen molar-refractivity contribution in [3.8, 4) is 0 Å². The van der Waals surface area contributed by atoms with Crippen LogP contribution in [0.3, 0.4) is 0 Å². The number of likely N-dealkylation sites (tertiary alicyclic amines) is 1. The summed E-state index contributed by atoms with van der Waals surface area (Å²) in [5.41, 5.74) is 0.973. The minimum absolute atomic E-state index is 0.0667. The van der Waals surface area contributed by atoms with Crippen molar-refractivity contribution in [2.75, 3.05) is 13.1 Å². The molecule has 0 radical (unpaired) electrons. The van der Waals surface area contributed by atoms with E-state index in [-0.39, 0.29) is 23.8 Å². The third-order valence-corrected chi connectivity index (χ3v) is 5.66. The summed E-state index contributed by atoms with van der Waals surface area (Å²) in [4.78, 5) is 26.4. The van der Waals surface area contributed by atoms with E-state index in [0.29, 0.717) is 32.0 Å². The molecule has 3 amide bonds. The van der Waals surface area contributed by atoms with E-state index in [0.717, 1.165) is 31.2 Å². The van der Waals surface area contributed by atoms with Gasteiger partial charge in [0.1, 0.15) is 5.82 Å². The van der Waals surface area contributed by atoms with Crippen molar-refractivity contribution in [1.29, 1.82) is 0 Å². The van der Waals surface area contributed by atoms with E-state index >= 15 is 0 Å². The van der Waals surface area contributed by atoms with Crippen molar-refractivity contribution in [1.82, 2.24) is 15.5 Å². The molecule has 5 nitrogen and oxygen atoms in total. The largest absolute Gasteiger partial charge is 0.343 e. The van der Waals surface area contributed by atoms with E-state index in [2.05, 4.69) is 10.6 Å². The fraction of sp³-hybridized carbons (Fsp3) is 0.619. The Hall–Kier alpha value is -2.11. The maximum atomic E-state index is 12.9. The summed E-state index contributed by atoms with van der Waals surface area (Å²) in [5.74, 6) is -0.128. The van der Waals surface area contributed by atoms with Crippen LogP contribution in [0.15, 0.2) is 24.3 Å². The maximum absolute atomic E-state index is 12.9. The molecule has 0 spiro atoms. The maximum Gasteiger partial charge on any atom is 0.315 e. The number of carbonyl (C=O) groups is 2. The Labute approximate surface area is 160 Å². The van der Waals surface area contributed by atoms with E-state index in [1.165, 1.54) is 31.4 Å². The summed E-state index contributed by atoms with van der Waals surface area (Å²) < 4.78 is 12.9. The molecule has 0 bridgehead atoms. The Balaban J connectivity index is 1.34. The lowest BCUT2D eigenvalue weighted by Gasteiger charge is -2.33. The number of amides is 3. The molecule has 2 aliphatic rings. The van der Waals surface area contributed by atoms with Gasteiger partial charge < -0.3 is 15.5 Å². The summed E-state index contributed by atoms with van der Waals surface area (Å²) in [6.45, 7) is 1.35. The van der Waals surface area contributed by atoms with Crippen LogP contribution >= 0.6 is 0 Å². The highest BCUT2D eigenvalue weighted by Gasteiger charge is 2.24. The van der Waals surface area contributed by atoms with Crippen LogP contribution in [0.1, 0.15) is 56.9 Å². The van der Waals surface area contributed by atoms with E-state index in [1.54, 1.807) is 12.1 Å². The molecule has 1 heterocycles. The van der Waals surface area contributed by atoms with Gasteiger partial charge in [-0.25, -0.2) is 9.18 Å². The molecule has 148 valence electrons. The standard InChI is InChI=1S/C21H30FN3O2/c22-17-9-6-16(7-10-17)8-11-20(26)25-14-12-19(13-15-25)24-21(27)23-18-4-2-1-3-5-18/h6-7,9-10,18-19H,1-5,8,11-15H2,(H2,23,24,27). The van der Waals surface area contributed by atoms with Crippen LogP contribution in [0.5, 0.6) is 0 Å². The number of benzene rings is 1. The summed E-state index contributed by atoms with van der Waals surface area (Å²) >= 11 is 0. The molecule has 27 heavy (non-hydrogen) atoms. The number of urea groups is 1. The predicted octanol–water partition coefficient (Wildman–Crippen LogP) is 3.38. The first-order chi connectivity index (χ1) is 13.1. The van der Waals surface area contributed by atoms with Crippen LogP contribution in [0.4, 0.5) is 9.18 Å². The van der Waals surface area contributed by atoms with Gasteiger partial charge in [0.15, 0.2) is 0 Å². The summed E-state index contributed by atoms with van der Waals surface area (Å²) in [6, 6.07) is 6.68. The molecule has 0 unspecified atom stereocenters. The molecule has 3 rings (SSSR count). The molecule has 1 aliphatic carbocycles. The molecular weight excluding hydrogens is 345 g/mol. The normalized spacial score (nSPS) is 18.9. The quantitative estimate of drug-likeness (QED) is 0.829. The van der Waals surface area contributed by atoms with Crippen molar-refractivity contribution in [3.05, 3.63) is 35.6 Å². The number of rotatable bonds is 5. The van der Waals surface area contributed by atoms with Crippen molar-refractivity contribution in [2.45, 2.75) is 69.9 Å². The minimum atomic E-state index is -0.257. The molecule has 1 saturated carbocycles. The summed E-state index contributed by atoms with van der Waals surface area (Å²) in [5, 5.41) is 6.15. The third-order valence-electron chi connectivity index (χ3n) is 5.66. The van der Waals surface area contributed by atoms with E-state index < -0.39 is 0 Å². The Bertz CT molecular complexity index is 621. The van der Waals surface area contributed by atoms with Gasteiger partial charge in [0, 0.05) is 31.6 Å². The Morgan fingerprint density at radius 1 is 0.926 bits per heavy atom. The van der Waals surface area contributed by atoms with Gasteiger partial charge in [0.25, 0.3) is 0 Å². The SMILES string of the molecule is O=C(NC1CCCCC1)NC1CCN(C(=O)CCc2ccc(F)cc2)CC1. The topological polar surface area (TPSA) is 61.4 Å². The van der Waals surface area contributed by atoms with Crippen LogP contribution < -0.4 is 10.6 Å². The number of nitrogens with zero attached hydrogens (tertiary/aromatic N) is 1. The lowest BCUT2D eigenvalue weighted by Crippen LogP contribution is -2.51. The third kappa shape index (κ3) is 6.22. The van der Waals surface area contributed by atoms with Gasteiger partial charge in [0.05, 0.1) is 0 Å². The molecule has 6 heteroatoms. The number of hydrogen-bond acceptors (Lipinski definition) is 2. The zero-order chi connectivity index (χ0) is 19.1. The first kappa shape index (κ1) is 19.6. The number of hydrogen-bond donors (Lipinski definition) is 2. The second-order valence-electron chi connectivity index (χ2n) is 7.73. The number of nitrogens with one attached hydrogen (secondary N) is 2. The molecular formula is C21H30FN3O2. The van der Waals surface area contributed by atoms with Gasteiger partial charge in [-0.2, -0.15) is 0 Å². The second-order valence-corrected chi connectivity index (χ2v) is 7.73. The van der Waals surface area contributed by atoms with E-state index in [4.69, 9.17) is 0 Å². The first-order valence-electron chi connectivity index (χ1n) is 10.2. The average molecular weight is 375 g/mol. The monoisotopic (exact) mass is 375 g/mol. The zero-order valence-electron chi connectivity index (χ0n) is 15.9. The average Bonchev–Trinajstić information content (AvgIpc) is 2.68.